The maximum Gasteiger partial charge on any atom is 0.120 e. The molecule has 1 aromatic rings. The molecule has 1 atom stereocenters. The lowest BCUT2D eigenvalue weighted by molar-refractivity contribution is 0.208. The molecular formula is C18H28N2O2S. The topological polar surface area (TPSA) is 76.2 Å². The fourth-order valence-corrected chi connectivity index (χ4v) is 5.47. The second-order valence-electron chi connectivity index (χ2n) is 7.33. The Kier molecular flexibility index (Phi) is 4.97. The zero-order valence-corrected chi connectivity index (χ0v) is 14.6. The van der Waals surface area contributed by atoms with Crippen LogP contribution in [0.5, 0.6) is 5.75 Å². The molecular weight excluding hydrogens is 308 g/mol. The zero-order valence-electron chi connectivity index (χ0n) is 13.8. The Hall–Kier alpha value is -1.07. The first-order chi connectivity index (χ1) is 11.0. The third-order valence-corrected chi connectivity index (χ3v) is 7.23. The average molecular weight is 337 g/mol. The number of nitrogens with two attached hydrogens (primary N) is 1. The first-order valence-corrected chi connectivity index (χ1v) is 10.5. The highest BCUT2D eigenvalue weighted by molar-refractivity contribution is 7.92. The van der Waals surface area contributed by atoms with Crippen LogP contribution in [0.15, 0.2) is 29.2 Å². The molecule has 0 heterocycles. The van der Waals surface area contributed by atoms with E-state index in [4.69, 9.17) is 15.3 Å². The van der Waals surface area contributed by atoms with Gasteiger partial charge in [0.15, 0.2) is 0 Å². The SMILES string of the molecule is N=S(=O)(CC1(N)CCC1)c1cccc(OCC2CCCCC2)c1. The van der Waals surface area contributed by atoms with E-state index in [1.54, 1.807) is 12.1 Å². The lowest BCUT2D eigenvalue weighted by Crippen LogP contribution is -2.51. The van der Waals surface area contributed by atoms with E-state index in [-0.39, 0.29) is 5.75 Å². The summed E-state index contributed by atoms with van der Waals surface area (Å²) < 4.78 is 27.0. The molecule has 3 rings (SSSR count). The summed E-state index contributed by atoms with van der Waals surface area (Å²) in [5.74, 6) is 1.62. The Balaban J connectivity index is 1.64. The van der Waals surface area contributed by atoms with Gasteiger partial charge in [-0.3, -0.25) is 0 Å². The second-order valence-corrected chi connectivity index (χ2v) is 9.44. The first kappa shape index (κ1) is 16.8. The van der Waals surface area contributed by atoms with Crippen LogP contribution in [0.2, 0.25) is 0 Å². The Morgan fingerprint density at radius 2 is 1.96 bits per heavy atom. The molecule has 0 radical (unpaired) electrons. The quantitative estimate of drug-likeness (QED) is 0.826. The standard InChI is InChI=1S/C18H28N2O2S/c19-18(10-5-11-18)14-23(20,21)17-9-4-8-16(12-17)22-13-15-6-2-1-3-7-15/h4,8-9,12,15,20H,1-3,5-7,10-11,13-14,19H2. The molecule has 23 heavy (non-hydrogen) atoms. The minimum Gasteiger partial charge on any atom is -0.493 e. The van der Waals surface area contributed by atoms with Gasteiger partial charge in [0, 0.05) is 5.54 Å². The molecule has 5 heteroatoms. The van der Waals surface area contributed by atoms with Gasteiger partial charge in [0.05, 0.1) is 27.0 Å². The minimum atomic E-state index is -2.85. The molecule has 128 valence electrons. The van der Waals surface area contributed by atoms with Crippen molar-refractivity contribution in [1.82, 2.24) is 0 Å². The molecule has 0 spiro atoms. The van der Waals surface area contributed by atoms with Crippen LogP contribution in [0.4, 0.5) is 0 Å². The predicted octanol–water partition coefficient (Wildman–Crippen LogP) is 3.93. The summed E-state index contributed by atoms with van der Waals surface area (Å²) in [7, 11) is -2.85. The lowest BCUT2D eigenvalue weighted by Gasteiger charge is -2.38. The molecule has 0 bridgehead atoms. The Morgan fingerprint density at radius 1 is 1.22 bits per heavy atom. The number of rotatable bonds is 6. The van der Waals surface area contributed by atoms with Crippen LogP contribution in [0, 0.1) is 10.7 Å². The van der Waals surface area contributed by atoms with E-state index in [1.165, 1.54) is 32.1 Å². The predicted molar refractivity (Wildman–Crippen MR) is 93.3 cm³/mol. The van der Waals surface area contributed by atoms with Crippen LogP contribution >= 0.6 is 0 Å². The van der Waals surface area contributed by atoms with Gasteiger partial charge in [-0.1, -0.05) is 25.3 Å². The second kappa shape index (κ2) is 6.81. The van der Waals surface area contributed by atoms with Gasteiger partial charge in [0.2, 0.25) is 0 Å². The molecule has 2 saturated carbocycles. The first-order valence-electron chi connectivity index (χ1n) is 8.75. The summed E-state index contributed by atoms with van der Waals surface area (Å²) in [5, 5.41) is 0. The number of ether oxygens (including phenoxy) is 1. The van der Waals surface area contributed by atoms with Crippen molar-refractivity contribution in [2.24, 2.45) is 11.7 Å². The third kappa shape index (κ3) is 4.27. The maximum atomic E-state index is 12.8. The van der Waals surface area contributed by atoms with Crippen LogP contribution in [0.3, 0.4) is 0 Å². The van der Waals surface area contributed by atoms with Crippen LogP contribution in [-0.2, 0) is 9.73 Å². The van der Waals surface area contributed by atoms with Crippen molar-refractivity contribution >= 4 is 9.73 Å². The van der Waals surface area contributed by atoms with Gasteiger partial charge in [0.25, 0.3) is 0 Å². The van der Waals surface area contributed by atoms with Gasteiger partial charge in [-0.05, 0) is 56.2 Å². The van der Waals surface area contributed by atoms with Crippen molar-refractivity contribution in [1.29, 1.82) is 4.78 Å². The van der Waals surface area contributed by atoms with Crippen LogP contribution in [0.1, 0.15) is 51.4 Å². The van der Waals surface area contributed by atoms with E-state index < -0.39 is 15.3 Å². The van der Waals surface area contributed by atoms with Crippen LogP contribution < -0.4 is 10.5 Å². The monoisotopic (exact) mass is 336 g/mol. The van der Waals surface area contributed by atoms with Gasteiger partial charge in [0.1, 0.15) is 5.75 Å². The highest BCUT2D eigenvalue weighted by Gasteiger charge is 2.36. The van der Waals surface area contributed by atoms with E-state index in [2.05, 4.69) is 0 Å². The van der Waals surface area contributed by atoms with Crippen LogP contribution in [0.25, 0.3) is 0 Å². The highest BCUT2D eigenvalue weighted by atomic mass is 32.2. The average Bonchev–Trinajstić information content (AvgIpc) is 2.52. The van der Waals surface area contributed by atoms with Gasteiger partial charge in [-0.2, -0.15) is 0 Å². The third-order valence-electron chi connectivity index (χ3n) is 5.24. The molecule has 2 aliphatic rings. The van der Waals surface area contributed by atoms with Crippen molar-refractivity contribution in [3.05, 3.63) is 24.3 Å². The van der Waals surface area contributed by atoms with Crippen LogP contribution in [-0.4, -0.2) is 22.1 Å². The molecule has 3 N–H and O–H groups in total. The van der Waals surface area contributed by atoms with Gasteiger partial charge in [-0.15, -0.1) is 0 Å². The van der Waals surface area contributed by atoms with Crippen molar-refractivity contribution in [2.45, 2.75) is 61.8 Å². The van der Waals surface area contributed by atoms with E-state index in [9.17, 15) is 4.21 Å². The molecule has 1 aromatic carbocycles. The molecule has 0 aliphatic heterocycles. The maximum absolute atomic E-state index is 12.8. The normalized spacial score (nSPS) is 23.7. The zero-order chi connectivity index (χ0) is 16.3. The number of nitrogens with one attached hydrogen (secondary N) is 1. The number of hydrogen-bond acceptors (Lipinski definition) is 4. The molecule has 0 amide bonds. The Bertz CT molecular complexity index is 632. The van der Waals surface area contributed by atoms with Gasteiger partial charge in [-0.25, -0.2) is 8.99 Å². The molecule has 4 nitrogen and oxygen atoms in total. The Labute approximate surface area is 139 Å². The smallest absolute Gasteiger partial charge is 0.120 e. The molecule has 2 aliphatic carbocycles. The van der Waals surface area contributed by atoms with E-state index >= 15 is 0 Å². The van der Waals surface area contributed by atoms with Crippen molar-refractivity contribution in [3.63, 3.8) is 0 Å². The largest absolute Gasteiger partial charge is 0.493 e. The summed E-state index contributed by atoms with van der Waals surface area (Å²) in [6, 6.07) is 7.28. The molecule has 0 saturated heterocycles. The molecule has 0 aromatic heterocycles. The Morgan fingerprint density at radius 3 is 2.61 bits per heavy atom. The summed E-state index contributed by atoms with van der Waals surface area (Å²) in [5.41, 5.74) is 5.79. The summed E-state index contributed by atoms with van der Waals surface area (Å²) in [6.45, 7) is 0.726. The highest BCUT2D eigenvalue weighted by Crippen LogP contribution is 2.33. The van der Waals surface area contributed by atoms with Crippen molar-refractivity contribution in [2.75, 3.05) is 12.4 Å². The van der Waals surface area contributed by atoms with Crippen molar-refractivity contribution < 1.29 is 8.95 Å². The lowest BCUT2D eigenvalue weighted by atomic mass is 9.79. The molecule has 2 fully saturated rings. The molecule has 1 unspecified atom stereocenters. The van der Waals surface area contributed by atoms with Crippen molar-refractivity contribution in [3.8, 4) is 5.75 Å². The van der Waals surface area contributed by atoms with Gasteiger partial charge >= 0.3 is 0 Å². The number of hydrogen-bond donors (Lipinski definition) is 2. The summed E-state index contributed by atoms with van der Waals surface area (Å²) in [6.07, 6.45) is 9.25. The van der Waals surface area contributed by atoms with Gasteiger partial charge < -0.3 is 10.5 Å². The minimum absolute atomic E-state index is 0.256. The van der Waals surface area contributed by atoms with E-state index in [0.29, 0.717) is 10.8 Å². The van der Waals surface area contributed by atoms with E-state index in [1.807, 2.05) is 12.1 Å². The number of benzene rings is 1. The van der Waals surface area contributed by atoms with E-state index in [0.717, 1.165) is 31.6 Å². The summed E-state index contributed by atoms with van der Waals surface area (Å²) >= 11 is 0. The fourth-order valence-electron chi connectivity index (χ4n) is 3.60. The fraction of sp³-hybridized carbons (Fsp3) is 0.667. The summed E-state index contributed by atoms with van der Waals surface area (Å²) in [4.78, 5) is 0.551.